The molecule has 0 spiro atoms. The Morgan fingerprint density at radius 3 is 2.48 bits per heavy atom. The highest BCUT2D eigenvalue weighted by Crippen LogP contribution is 2.40. The lowest BCUT2D eigenvalue weighted by atomic mass is 9.75. The van der Waals surface area contributed by atoms with Gasteiger partial charge in [0.1, 0.15) is 0 Å². The molecule has 2 aromatic carbocycles. The van der Waals surface area contributed by atoms with Crippen molar-refractivity contribution in [2.24, 2.45) is 5.92 Å². The van der Waals surface area contributed by atoms with Crippen LogP contribution in [0, 0.1) is 5.92 Å². The zero-order valence-corrected chi connectivity index (χ0v) is 14.8. The van der Waals surface area contributed by atoms with Crippen LogP contribution in [0.2, 0.25) is 5.02 Å². The second-order valence-corrected chi connectivity index (χ2v) is 6.87. The van der Waals surface area contributed by atoms with E-state index >= 15 is 0 Å². The van der Waals surface area contributed by atoms with Crippen LogP contribution in [0.25, 0.3) is 0 Å². The molecule has 5 heteroatoms. The maximum atomic E-state index is 11.8. The lowest BCUT2D eigenvalue weighted by Gasteiger charge is -2.40. The van der Waals surface area contributed by atoms with E-state index < -0.39 is 6.10 Å². The Balaban J connectivity index is 1.99. The van der Waals surface area contributed by atoms with E-state index in [1.165, 1.54) is 6.92 Å². The van der Waals surface area contributed by atoms with Crippen LogP contribution in [0.5, 0.6) is 0 Å². The summed E-state index contributed by atoms with van der Waals surface area (Å²) in [4.78, 5) is 11.8. The van der Waals surface area contributed by atoms with Crippen molar-refractivity contribution in [1.82, 2.24) is 5.32 Å². The standard InChI is InChI=1S/C20H22ClNO3/c1-13(23)22-20(15-5-3-2-4-6-15)17-11-25-12-18(24)19(17)14-7-9-16(21)10-8-14/h2-10,17-20,24H,11-12H2,1H3,(H,22,23)/t17-,18+,19+,20?/m0/s1. The highest BCUT2D eigenvalue weighted by Gasteiger charge is 2.39. The largest absolute Gasteiger partial charge is 0.390 e. The Hall–Kier alpha value is -1.88. The second-order valence-electron chi connectivity index (χ2n) is 6.43. The van der Waals surface area contributed by atoms with E-state index in [1.807, 2.05) is 54.6 Å². The van der Waals surface area contributed by atoms with E-state index in [2.05, 4.69) is 5.32 Å². The number of halogens is 1. The van der Waals surface area contributed by atoms with Gasteiger partial charge >= 0.3 is 0 Å². The van der Waals surface area contributed by atoms with Crippen LogP contribution in [0.1, 0.15) is 30.0 Å². The first-order chi connectivity index (χ1) is 12.1. The molecular formula is C20H22ClNO3. The molecule has 1 fully saturated rings. The first-order valence-corrected chi connectivity index (χ1v) is 8.77. The maximum absolute atomic E-state index is 11.8. The average Bonchev–Trinajstić information content (AvgIpc) is 2.61. The first kappa shape index (κ1) is 17.9. The first-order valence-electron chi connectivity index (χ1n) is 8.39. The summed E-state index contributed by atoms with van der Waals surface area (Å²) < 4.78 is 5.63. The van der Waals surface area contributed by atoms with Gasteiger partial charge < -0.3 is 15.2 Å². The molecule has 1 aliphatic heterocycles. The number of nitrogens with one attached hydrogen (secondary N) is 1. The van der Waals surface area contributed by atoms with Crippen molar-refractivity contribution in [3.8, 4) is 0 Å². The Bertz CT molecular complexity index is 705. The number of ether oxygens (including phenoxy) is 1. The molecule has 4 atom stereocenters. The molecule has 1 amide bonds. The fourth-order valence-electron chi connectivity index (χ4n) is 3.59. The summed E-state index contributed by atoms with van der Waals surface area (Å²) in [5.41, 5.74) is 2.00. The van der Waals surface area contributed by atoms with Crippen molar-refractivity contribution in [2.45, 2.75) is 25.0 Å². The maximum Gasteiger partial charge on any atom is 0.217 e. The van der Waals surface area contributed by atoms with Crippen LogP contribution in [-0.4, -0.2) is 30.3 Å². The topological polar surface area (TPSA) is 58.6 Å². The van der Waals surface area contributed by atoms with Crippen molar-refractivity contribution in [3.05, 3.63) is 70.7 Å². The van der Waals surface area contributed by atoms with Crippen LogP contribution < -0.4 is 5.32 Å². The number of hydrogen-bond acceptors (Lipinski definition) is 3. The Morgan fingerprint density at radius 1 is 1.16 bits per heavy atom. The van der Waals surface area contributed by atoms with Gasteiger partial charge in [-0.25, -0.2) is 0 Å². The Labute approximate surface area is 152 Å². The fraction of sp³-hybridized carbons (Fsp3) is 0.350. The molecule has 25 heavy (non-hydrogen) atoms. The van der Waals surface area contributed by atoms with Gasteiger partial charge in [-0.3, -0.25) is 4.79 Å². The zero-order chi connectivity index (χ0) is 17.8. The SMILES string of the molecule is CC(=O)NC(c1ccccc1)[C@H]1COC[C@@H](O)[C@@H]1c1ccc(Cl)cc1. The van der Waals surface area contributed by atoms with Crippen molar-refractivity contribution >= 4 is 17.5 Å². The quantitative estimate of drug-likeness (QED) is 0.880. The predicted molar refractivity (Wildman–Crippen MR) is 97.5 cm³/mol. The predicted octanol–water partition coefficient (Wildman–Crippen LogP) is 3.31. The number of amides is 1. The average molecular weight is 360 g/mol. The number of rotatable bonds is 4. The lowest BCUT2D eigenvalue weighted by Crippen LogP contribution is -2.45. The van der Waals surface area contributed by atoms with Gasteiger partial charge in [0.2, 0.25) is 5.91 Å². The third kappa shape index (κ3) is 4.21. The number of aliphatic hydroxyl groups is 1. The van der Waals surface area contributed by atoms with Gasteiger partial charge in [0, 0.05) is 23.8 Å². The van der Waals surface area contributed by atoms with Crippen LogP contribution in [0.4, 0.5) is 0 Å². The molecule has 2 aromatic rings. The molecule has 2 N–H and O–H groups in total. The smallest absolute Gasteiger partial charge is 0.217 e. The van der Waals surface area contributed by atoms with Crippen molar-refractivity contribution in [1.29, 1.82) is 0 Å². The highest BCUT2D eigenvalue weighted by atomic mass is 35.5. The molecule has 1 unspecified atom stereocenters. The second kappa shape index (κ2) is 8.00. The molecule has 0 bridgehead atoms. The summed E-state index contributed by atoms with van der Waals surface area (Å²) in [6.07, 6.45) is -0.639. The monoisotopic (exact) mass is 359 g/mol. The van der Waals surface area contributed by atoms with Crippen LogP contribution in [0.3, 0.4) is 0 Å². The number of hydrogen-bond donors (Lipinski definition) is 2. The van der Waals surface area contributed by atoms with E-state index in [0.717, 1.165) is 11.1 Å². The van der Waals surface area contributed by atoms with Crippen LogP contribution in [0.15, 0.2) is 54.6 Å². The van der Waals surface area contributed by atoms with Gasteiger partial charge in [0.05, 0.1) is 25.4 Å². The summed E-state index contributed by atoms with van der Waals surface area (Å²) in [6, 6.07) is 17.1. The number of benzene rings is 2. The van der Waals surface area contributed by atoms with Gasteiger partial charge in [-0.05, 0) is 23.3 Å². The molecule has 0 saturated carbocycles. The molecule has 132 valence electrons. The third-order valence-corrected chi connectivity index (χ3v) is 4.93. The van der Waals surface area contributed by atoms with Gasteiger partial charge in [0.25, 0.3) is 0 Å². The van der Waals surface area contributed by atoms with Gasteiger partial charge in [-0.2, -0.15) is 0 Å². The van der Waals surface area contributed by atoms with Crippen LogP contribution >= 0.6 is 11.6 Å². The molecule has 0 aromatic heterocycles. The molecule has 4 nitrogen and oxygen atoms in total. The lowest BCUT2D eigenvalue weighted by molar-refractivity contribution is -0.121. The van der Waals surface area contributed by atoms with E-state index in [4.69, 9.17) is 16.3 Å². The summed E-state index contributed by atoms with van der Waals surface area (Å²) in [5, 5.41) is 14.3. The van der Waals surface area contributed by atoms with E-state index in [9.17, 15) is 9.90 Å². The Kier molecular flexibility index (Phi) is 5.74. The summed E-state index contributed by atoms with van der Waals surface area (Å²) in [5.74, 6) is -0.344. The molecule has 0 radical (unpaired) electrons. The number of carbonyl (C=O) groups excluding carboxylic acids is 1. The van der Waals surface area contributed by atoms with E-state index in [1.54, 1.807) is 0 Å². The molecule has 3 rings (SSSR count). The molecular weight excluding hydrogens is 338 g/mol. The normalized spacial score (nSPS) is 24.5. The van der Waals surface area contributed by atoms with Crippen molar-refractivity contribution in [2.75, 3.05) is 13.2 Å². The molecule has 1 aliphatic rings. The van der Waals surface area contributed by atoms with Gasteiger partial charge in [-0.1, -0.05) is 54.1 Å². The fourth-order valence-corrected chi connectivity index (χ4v) is 3.72. The number of carbonyl (C=O) groups is 1. The number of aliphatic hydroxyl groups excluding tert-OH is 1. The minimum absolute atomic E-state index is 0.0868. The summed E-state index contributed by atoms with van der Waals surface area (Å²) in [7, 11) is 0. The molecule has 1 saturated heterocycles. The van der Waals surface area contributed by atoms with E-state index in [-0.39, 0.29) is 30.4 Å². The van der Waals surface area contributed by atoms with Crippen molar-refractivity contribution in [3.63, 3.8) is 0 Å². The third-order valence-electron chi connectivity index (χ3n) is 4.68. The summed E-state index contributed by atoms with van der Waals surface area (Å²) in [6.45, 7) is 2.25. The highest BCUT2D eigenvalue weighted by molar-refractivity contribution is 6.30. The van der Waals surface area contributed by atoms with Crippen LogP contribution in [-0.2, 0) is 9.53 Å². The Morgan fingerprint density at radius 2 is 1.84 bits per heavy atom. The molecule has 0 aliphatic carbocycles. The minimum atomic E-state index is -0.639. The zero-order valence-electron chi connectivity index (χ0n) is 14.1. The van der Waals surface area contributed by atoms with Gasteiger partial charge in [0.15, 0.2) is 0 Å². The van der Waals surface area contributed by atoms with Crippen molar-refractivity contribution < 1.29 is 14.6 Å². The minimum Gasteiger partial charge on any atom is -0.390 e. The van der Waals surface area contributed by atoms with E-state index in [0.29, 0.717) is 11.6 Å². The summed E-state index contributed by atoms with van der Waals surface area (Å²) >= 11 is 6.01. The van der Waals surface area contributed by atoms with Gasteiger partial charge in [-0.15, -0.1) is 0 Å². The molecule has 1 heterocycles.